The highest BCUT2D eigenvalue weighted by atomic mass is 16.5. The molecule has 1 N–H and O–H groups in total. The van der Waals surface area contributed by atoms with Crippen molar-refractivity contribution in [1.29, 1.82) is 0 Å². The van der Waals surface area contributed by atoms with Crippen molar-refractivity contribution < 1.29 is 4.74 Å². The van der Waals surface area contributed by atoms with E-state index in [-0.39, 0.29) is 0 Å². The summed E-state index contributed by atoms with van der Waals surface area (Å²) in [6.45, 7) is 4.45. The van der Waals surface area contributed by atoms with Gasteiger partial charge in [0.25, 0.3) is 0 Å². The summed E-state index contributed by atoms with van der Waals surface area (Å²) < 4.78 is 5.88. The van der Waals surface area contributed by atoms with E-state index in [0.717, 1.165) is 18.6 Å². The molecule has 1 saturated carbocycles. The van der Waals surface area contributed by atoms with Gasteiger partial charge in [0.2, 0.25) is 0 Å². The Kier molecular flexibility index (Phi) is 7.23. The summed E-state index contributed by atoms with van der Waals surface area (Å²) in [5.41, 5.74) is 0. The molecule has 0 radical (unpaired) electrons. The molecule has 2 aliphatic rings. The third-order valence-corrected chi connectivity index (χ3v) is 4.89. The predicted molar refractivity (Wildman–Crippen MR) is 81.5 cm³/mol. The summed E-state index contributed by atoms with van der Waals surface area (Å²) in [5, 5.41) is 3.78. The van der Waals surface area contributed by atoms with Crippen LogP contribution < -0.4 is 5.32 Å². The smallest absolute Gasteiger partial charge is 0.0575 e. The van der Waals surface area contributed by atoms with Crippen LogP contribution in [0.5, 0.6) is 0 Å². The Labute approximate surface area is 119 Å². The maximum Gasteiger partial charge on any atom is 0.0575 e. The van der Waals surface area contributed by atoms with Crippen molar-refractivity contribution in [2.24, 2.45) is 5.92 Å². The van der Waals surface area contributed by atoms with Crippen molar-refractivity contribution in [3.8, 4) is 0 Å². The van der Waals surface area contributed by atoms with E-state index in [4.69, 9.17) is 4.74 Å². The second kappa shape index (κ2) is 8.97. The maximum atomic E-state index is 5.88. The molecule has 112 valence electrons. The van der Waals surface area contributed by atoms with Crippen molar-refractivity contribution in [3.05, 3.63) is 0 Å². The van der Waals surface area contributed by atoms with Crippen LogP contribution in [0, 0.1) is 5.92 Å². The average molecular weight is 267 g/mol. The molecule has 1 aliphatic carbocycles. The fraction of sp³-hybridized carbons (Fsp3) is 1.00. The van der Waals surface area contributed by atoms with Crippen molar-refractivity contribution in [3.63, 3.8) is 0 Å². The Morgan fingerprint density at radius 2 is 1.89 bits per heavy atom. The van der Waals surface area contributed by atoms with Gasteiger partial charge in [0, 0.05) is 12.6 Å². The molecule has 0 aromatic heterocycles. The molecule has 0 aromatic rings. The highest BCUT2D eigenvalue weighted by Crippen LogP contribution is 2.30. The zero-order valence-corrected chi connectivity index (χ0v) is 12.8. The van der Waals surface area contributed by atoms with Crippen LogP contribution in [0.1, 0.15) is 77.6 Å². The monoisotopic (exact) mass is 267 g/mol. The fourth-order valence-electron chi connectivity index (χ4n) is 3.72. The lowest BCUT2D eigenvalue weighted by molar-refractivity contribution is 0.00818. The van der Waals surface area contributed by atoms with E-state index in [2.05, 4.69) is 12.2 Å². The Morgan fingerprint density at radius 3 is 2.58 bits per heavy atom. The first kappa shape index (κ1) is 15.3. The van der Waals surface area contributed by atoms with Crippen LogP contribution in [-0.4, -0.2) is 25.3 Å². The minimum atomic E-state index is 0.559. The quantitative estimate of drug-likeness (QED) is 0.708. The van der Waals surface area contributed by atoms with E-state index in [1.54, 1.807) is 0 Å². The number of rotatable bonds is 8. The molecule has 0 amide bonds. The Bertz CT molecular complexity index is 219. The lowest BCUT2D eigenvalue weighted by Crippen LogP contribution is -2.33. The second-order valence-electron chi connectivity index (χ2n) is 6.60. The third kappa shape index (κ3) is 5.83. The van der Waals surface area contributed by atoms with Gasteiger partial charge in [-0.1, -0.05) is 32.6 Å². The Morgan fingerprint density at radius 1 is 1.11 bits per heavy atom. The van der Waals surface area contributed by atoms with Crippen molar-refractivity contribution in [2.45, 2.75) is 89.7 Å². The van der Waals surface area contributed by atoms with Gasteiger partial charge in [-0.25, -0.2) is 0 Å². The standard InChI is InChI=1S/C17H33NO/c1-2-12-18-16(14-15-7-3-4-8-15)10-11-17-9-5-6-13-19-17/h15-18H,2-14H2,1H3. The number of ether oxygens (including phenoxy) is 1. The zero-order valence-electron chi connectivity index (χ0n) is 12.8. The van der Waals surface area contributed by atoms with Crippen LogP contribution in [0.4, 0.5) is 0 Å². The molecule has 2 heteroatoms. The van der Waals surface area contributed by atoms with E-state index in [1.165, 1.54) is 77.2 Å². The van der Waals surface area contributed by atoms with Crippen molar-refractivity contribution >= 4 is 0 Å². The molecule has 2 unspecified atom stereocenters. The number of hydrogen-bond acceptors (Lipinski definition) is 2. The van der Waals surface area contributed by atoms with E-state index in [0.29, 0.717) is 6.10 Å². The largest absolute Gasteiger partial charge is 0.378 e. The van der Waals surface area contributed by atoms with E-state index in [1.807, 2.05) is 0 Å². The van der Waals surface area contributed by atoms with Crippen LogP contribution in [0.15, 0.2) is 0 Å². The molecule has 2 rings (SSSR count). The van der Waals surface area contributed by atoms with Crippen molar-refractivity contribution in [1.82, 2.24) is 5.32 Å². The summed E-state index contributed by atoms with van der Waals surface area (Å²) in [6, 6.07) is 0.744. The Hall–Kier alpha value is -0.0800. The maximum absolute atomic E-state index is 5.88. The molecule has 19 heavy (non-hydrogen) atoms. The highest BCUT2D eigenvalue weighted by Gasteiger charge is 2.21. The zero-order chi connectivity index (χ0) is 13.3. The Balaban J connectivity index is 1.68. The first-order valence-electron chi connectivity index (χ1n) is 8.73. The predicted octanol–water partition coefficient (Wildman–Crippen LogP) is 4.28. The molecule has 2 nitrogen and oxygen atoms in total. The minimum Gasteiger partial charge on any atom is -0.378 e. The van der Waals surface area contributed by atoms with Gasteiger partial charge in [-0.3, -0.25) is 0 Å². The lowest BCUT2D eigenvalue weighted by Gasteiger charge is -2.26. The molecule has 1 aliphatic heterocycles. The van der Waals surface area contributed by atoms with Crippen LogP contribution >= 0.6 is 0 Å². The highest BCUT2D eigenvalue weighted by molar-refractivity contribution is 4.77. The summed E-state index contributed by atoms with van der Waals surface area (Å²) in [5.74, 6) is 1.00. The fourth-order valence-corrected chi connectivity index (χ4v) is 3.72. The summed E-state index contributed by atoms with van der Waals surface area (Å²) >= 11 is 0. The normalized spacial score (nSPS) is 26.7. The van der Waals surface area contributed by atoms with Crippen LogP contribution in [0.3, 0.4) is 0 Å². The molecular formula is C17H33NO. The summed E-state index contributed by atoms with van der Waals surface area (Å²) in [7, 11) is 0. The van der Waals surface area contributed by atoms with Gasteiger partial charge in [0.1, 0.15) is 0 Å². The molecule has 2 atom stereocenters. The van der Waals surface area contributed by atoms with E-state index < -0.39 is 0 Å². The lowest BCUT2D eigenvalue weighted by atomic mass is 9.93. The van der Waals surface area contributed by atoms with Gasteiger partial charge in [-0.15, -0.1) is 0 Å². The van der Waals surface area contributed by atoms with Gasteiger partial charge >= 0.3 is 0 Å². The third-order valence-electron chi connectivity index (χ3n) is 4.89. The van der Waals surface area contributed by atoms with Crippen molar-refractivity contribution in [2.75, 3.05) is 13.2 Å². The molecule has 1 heterocycles. The van der Waals surface area contributed by atoms with E-state index in [9.17, 15) is 0 Å². The topological polar surface area (TPSA) is 21.3 Å². The van der Waals surface area contributed by atoms with Gasteiger partial charge in [0.05, 0.1) is 6.10 Å². The molecular weight excluding hydrogens is 234 g/mol. The number of hydrogen-bond donors (Lipinski definition) is 1. The van der Waals surface area contributed by atoms with Gasteiger partial charge in [-0.2, -0.15) is 0 Å². The second-order valence-corrected chi connectivity index (χ2v) is 6.60. The first-order chi connectivity index (χ1) is 9.38. The minimum absolute atomic E-state index is 0.559. The number of nitrogens with one attached hydrogen (secondary N) is 1. The van der Waals surface area contributed by atoms with Gasteiger partial charge in [-0.05, 0) is 57.4 Å². The molecule has 1 saturated heterocycles. The van der Waals surface area contributed by atoms with Gasteiger partial charge < -0.3 is 10.1 Å². The first-order valence-corrected chi connectivity index (χ1v) is 8.73. The van der Waals surface area contributed by atoms with Crippen LogP contribution in [-0.2, 0) is 4.74 Å². The van der Waals surface area contributed by atoms with E-state index >= 15 is 0 Å². The van der Waals surface area contributed by atoms with Crippen LogP contribution in [0.2, 0.25) is 0 Å². The summed E-state index contributed by atoms with van der Waals surface area (Å²) in [6.07, 6.45) is 15.6. The van der Waals surface area contributed by atoms with Crippen LogP contribution in [0.25, 0.3) is 0 Å². The molecule has 0 spiro atoms. The average Bonchev–Trinajstić information content (AvgIpc) is 2.96. The molecule has 2 fully saturated rings. The SMILES string of the molecule is CCCNC(CCC1CCCCO1)CC1CCCC1. The van der Waals surface area contributed by atoms with Gasteiger partial charge in [0.15, 0.2) is 0 Å². The summed E-state index contributed by atoms with van der Waals surface area (Å²) in [4.78, 5) is 0. The molecule has 0 bridgehead atoms. The molecule has 0 aromatic carbocycles.